The Hall–Kier alpha value is -1.38. The fraction of sp³-hybridized carbons (Fsp3) is 0.600. The van der Waals surface area contributed by atoms with Crippen molar-refractivity contribution in [2.45, 2.75) is 32.2 Å². The molecule has 1 aliphatic heterocycles. The van der Waals surface area contributed by atoms with E-state index < -0.39 is 0 Å². The van der Waals surface area contributed by atoms with Crippen molar-refractivity contribution in [1.29, 1.82) is 0 Å². The van der Waals surface area contributed by atoms with Crippen LogP contribution in [0.1, 0.15) is 30.5 Å². The number of carbonyl (C=O) groups is 1. The van der Waals surface area contributed by atoms with Gasteiger partial charge in [-0.2, -0.15) is 0 Å². The van der Waals surface area contributed by atoms with Gasteiger partial charge in [0.05, 0.1) is 0 Å². The summed E-state index contributed by atoms with van der Waals surface area (Å²) in [5, 5.41) is 0. The van der Waals surface area contributed by atoms with E-state index in [9.17, 15) is 4.79 Å². The number of rotatable bonds is 1. The molecule has 18 heavy (non-hydrogen) atoms. The standard InChI is InChI=1S/C15H18N2O/c18-15(13-7-11-6-12(11)8-13)17-5-3-14-10(9-17)2-1-4-16-14/h1-2,4,11-13H,3,5-9H2. The van der Waals surface area contributed by atoms with Crippen LogP contribution in [0.5, 0.6) is 0 Å². The van der Waals surface area contributed by atoms with E-state index in [0.717, 1.165) is 44.2 Å². The van der Waals surface area contributed by atoms with Gasteiger partial charge in [0.1, 0.15) is 0 Å². The predicted molar refractivity (Wildman–Crippen MR) is 67.7 cm³/mol. The summed E-state index contributed by atoms with van der Waals surface area (Å²) in [4.78, 5) is 18.9. The zero-order chi connectivity index (χ0) is 12.1. The summed E-state index contributed by atoms with van der Waals surface area (Å²) in [7, 11) is 0. The molecule has 0 radical (unpaired) electrons. The van der Waals surface area contributed by atoms with Gasteiger partial charge in [-0.3, -0.25) is 9.78 Å². The molecule has 0 N–H and O–H groups in total. The fourth-order valence-corrected chi connectivity index (χ4v) is 3.73. The van der Waals surface area contributed by atoms with E-state index in [1.165, 1.54) is 17.7 Å². The minimum absolute atomic E-state index is 0.326. The van der Waals surface area contributed by atoms with Gasteiger partial charge in [-0.25, -0.2) is 0 Å². The Morgan fingerprint density at radius 2 is 2.11 bits per heavy atom. The average Bonchev–Trinajstić information content (AvgIpc) is 3.04. The van der Waals surface area contributed by atoms with Crippen molar-refractivity contribution in [1.82, 2.24) is 9.88 Å². The molecule has 0 spiro atoms. The zero-order valence-corrected chi connectivity index (χ0v) is 10.5. The van der Waals surface area contributed by atoms with Gasteiger partial charge < -0.3 is 4.90 Å². The van der Waals surface area contributed by atoms with Crippen LogP contribution in [0.2, 0.25) is 0 Å². The van der Waals surface area contributed by atoms with Crippen LogP contribution in [0.25, 0.3) is 0 Å². The summed E-state index contributed by atoms with van der Waals surface area (Å²) < 4.78 is 0. The second-order valence-corrected chi connectivity index (χ2v) is 6.04. The highest BCUT2D eigenvalue weighted by Crippen LogP contribution is 2.54. The van der Waals surface area contributed by atoms with E-state index in [1.807, 2.05) is 12.3 Å². The lowest BCUT2D eigenvalue weighted by atomic mass is 9.99. The summed E-state index contributed by atoms with van der Waals surface area (Å²) in [5.74, 6) is 2.50. The third-order valence-corrected chi connectivity index (χ3v) is 4.87. The monoisotopic (exact) mass is 242 g/mol. The molecule has 3 nitrogen and oxygen atoms in total. The van der Waals surface area contributed by atoms with Crippen LogP contribution in [-0.2, 0) is 17.8 Å². The van der Waals surface area contributed by atoms with E-state index in [1.54, 1.807) is 0 Å². The predicted octanol–water partition coefficient (Wildman–Crippen LogP) is 2.01. The summed E-state index contributed by atoms with van der Waals surface area (Å²) in [6.45, 7) is 1.63. The van der Waals surface area contributed by atoms with Crippen molar-refractivity contribution in [3.05, 3.63) is 29.6 Å². The summed E-state index contributed by atoms with van der Waals surface area (Å²) in [6.07, 6.45) is 6.46. The number of hydrogen-bond acceptors (Lipinski definition) is 2. The minimum Gasteiger partial charge on any atom is -0.338 e. The number of nitrogens with zero attached hydrogens (tertiary/aromatic N) is 2. The van der Waals surface area contributed by atoms with Crippen molar-refractivity contribution in [3.8, 4) is 0 Å². The lowest BCUT2D eigenvalue weighted by molar-refractivity contribution is -0.136. The van der Waals surface area contributed by atoms with Gasteiger partial charge in [0, 0.05) is 37.3 Å². The van der Waals surface area contributed by atoms with Crippen LogP contribution in [0, 0.1) is 17.8 Å². The Balaban J connectivity index is 1.48. The number of aromatic nitrogens is 1. The molecule has 2 atom stereocenters. The molecule has 2 fully saturated rings. The van der Waals surface area contributed by atoms with Crippen LogP contribution in [0.3, 0.4) is 0 Å². The van der Waals surface area contributed by atoms with E-state index in [-0.39, 0.29) is 0 Å². The van der Waals surface area contributed by atoms with Crippen molar-refractivity contribution in [2.75, 3.05) is 6.54 Å². The quantitative estimate of drug-likeness (QED) is 0.754. The molecular formula is C15H18N2O. The SMILES string of the molecule is O=C(C1CC2CC2C1)N1CCc2ncccc2C1. The molecule has 1 aromatic heterocycles. The van der Waals surface area contributed by atoms with E-state index in [4.69, 9.17) is 0 Å². The molecule has 0 aromatic carbocycles. The lowest BCUT2D eigenvalue weighted by Gasteiger charge is -2.30. The van der Waals surface area contributed by atoms with Crippen molar-refractivity contribution >= 4 is 5.91 Å². The number of fused-ring (bicyclic) bond motifs is 2. The summed E-state index contributed by atoms with van der Waals surface area (Å²) >= 11 is 0. The largest absolute Gasteiger partial charge is 0.338 e. The van der Waals surface area contributed by atoms with Gasteiger partial charge >= 0.3 is 0 Å². The summed E-state index contributed by atoms with van der Waals surface area (Å²) in [6, 6.07) is 4.07. The maximum Gasteiger partial charge on any atom is 0.226 e. The molecule has 2 aliphatic carbocycles. The normalized spacial score (nSPS) is 32.9. The molecule has 0 saturated heterocycles. The maximum atomic E-state index is 12.5. The molecule has 3 heteroatoms. The first-order valence-corrected chi connectivity index (χ1v) is 7.03. The molecule has 1 aromatic rings. The zero-order valence-electron chi connectivity index (χ0n) is 10.5. The first-order valence-electron chi connectivity index (χ1n) is 7.03. The van der Waals surface area contributed by atoms with Crippen LogP contribution >= 0.6 is 0 Å². The van der Waals surface area contributed by atoms with E-state index in [0.29, 0.717) is 11.8 Å². The Bertz CT molecular complexity index is 489. The van der Waals surface area contributed by atoms with Gasteiger partial charge in [-0.15, -0.1) is 0 Å². The third-order valence-electron chi connectivity index (χ3n) is 4.87. The van der Waals surface area contributed by atoms with Crippen LogP contribution in [0.15, 0.2) is 18.3 Å². The van der Waals surface area contributed by atoms with Crippen LogP contribution in [-0.4, -0.2) is 22.3 Å². The highest BCUT2D eigenvalue weighted by Gasteiger charge is 2.48. The highest BCUT2D eigenvalue weighted by atomic mass is 16.2. The molecule has 94 valence electrons. The fourth-order valence-electron chi connectivity index (χ4n) is 3.73. The number of amides is 1. The topological polar surface area (TPSA) is 33.2 Å². The molecule has 1 amide bonds. The van der Waals surface area contributed by atoms with Gasteiger partial charge in [0.25, 0.3) is 0 Å². The van der Waals surface area contributed by atoms with Crippen molar-refractivity contribution < 1.29 is 4.79 Å². The number of pyridine rings is 1. The van der Waals surface area contributed by atoms with E-state index in [2.05, 4.69) is 16.0 Å². The molecule has 2 unspecified atom stereocenters. The minimum atomic E-state index is 0.326. The smallest absolute Gasteiger partial charge is 0.226 e. The molecular weight excluding hydrogens is 224 g/mol. The van der Waals surface area contributed by atoms with Gasteiger partial charge in [-0.05, 0) is 42.7 Å². The van der Waals surface area contributed by atoms with Gasteiger partial charge in [0.2, 0.25) is 5.91 Å². The molecule has 4 rings (SSSR count). The lowest BCUT2D eigenvalue weighted by Crippen LogP contribution is -2.39. The molecule has 3 aliphatic rings. The number of hydrogen-bond donors (Lipinski definition) is 0. The Morgan fingerprint density at radius 3 is 2.94 bits per heavy atom. The Labute approximate surface area is 107 Å². The Kier molecular flexibility index (Phi) is 2.23. The van der Waals surface area contributed by atoms with Crippen molar-refractivity contribution in [2.24, 2.45) is 17.8 Å². The van der Waals surface area contributed by atoms with Crippen molar-refractivity contribution in [3.63, 3.8) is 0 Å². The second-order valence-electron chi connectivity index (χ2n) is 6.04. The van der Waals surface area contributed by atoms with Gasteiger partial charge in [-0.1, -0.05) is 6.07 Å². The molecule has 0 bridgehead atoms. The third kappa shape index (κ3) is 1.64. The first-order chi connectivity index (χ1) is 8.81. The van der Waals surface area contributed by atoms with Crippen LogP contribution < -0.4 is 0 Å². The highest BCUT2D eigenvalue weighted by molar-refractivity contribution is 5.79. The molecule has 2 heterocycles. The van der Waals surface area contributed by atoms with E-state index >= 15 is 0 Å². The summed E-state index contributed by atoms with van der Waals surface area (Å²) in [5.41, 5.74) is 2.41. The van der Waals surface area contributed by atoms with Gasteiger partial charge in [0.15, 0.2) is 0 Å². The second kappa shape index (κ2) is 3.81. The maximum absolute atomic E-state index is 12.5. The number of carbonyl (C=O) groups excluding carboxylic acids is 1. The first kappa shape index (κ1) is 10.5. The average molecular weight is 242 g/mol. The molecule has 2 saturated carbocycles. The van der Waals surface area contributed by atoms with Crippen LogP contribution in [0.4, 0.5) is 0 Å². The Morgan fingerprint density at radius 1 is 1.28 bits per heavy atom.